The molecule has 1 unspecified atom stereocenters. The average Bonchev–Trinajstić information content (AvgIpc) is 2.70. The maximum absolute atomic E-state index is 11.9. The Bertz CT molecular complexity index is 394. The fraction of sp³-hybridized carbons (Fsp3) is 0.500. The van der Waals surface area contributed by atoms with E-state index in [2.05, 4.69) is 27.8 Å². The van der Waals surface area contributed by atoms with Crippen LogP contribution in [0.25, 0.3) is 0 Å². The quantitative estimate of drug-likeness (QED) is 0.798. The third-order valence-corrected chi connectivity index (χ3v) is 3.84. The van der Waals surface area contributed by atoms with E-state index < -0.39 is 0 Å². The lowest BCUT2D eigenvalue weighted by molar-refractivity contribution is -0.117. The first-order valence-corrected chi connectivity index (χ1v) is 6.68. The number of carbonyl (C=O) groups excluding carboxylic acids is 1. The summed E-state index contributed by atoms with van der Waals surface area (Å²) in [5.74, 6) is 1.45. The van der Waals surface area contributed by atoms with Gasteiger partial charge in [0, 0.05) is 24.5 Å². The Morgan fingerprint density at radius 2 is 2.44 bits per heavy atom. The minimum atomic E-state index is 0.192. The molecular weight excluding hydrogens is 268 g/mol. The molecule has 0 aromatic carbocycles. The largest absolute Gasteiger partial charge is 0.296 e. The second-order valence-corrected chi connectivity index (χ2v) is 4.72. The summed E-state index contributed by atoms with van der Waals surface area (Å²) in [6.07, 6.45) is 3.29. The first-order valence-electron chi connectivity index (χ1n) is 5.56. The van der Waals surface area contributed by atoms with Crippen LogP contribution in [-0.2, 0) is 11.2 Å². The monoisotopic (exact) mass is 282 g/mol. The van der Waals surface area contributed by atoms with Crippen molar-refractivity contribution in [1.82, 2.24) is 4.98 Å². The van der Waals surface area contributed by atoms with Gasteiger partial charge in [-0.05, 0) is 24.0 Å². The van der Waals surface area contributed by atoms with Crippen LogP contribution in [0.4, 0.5) is 5.82 Å². The van der Waals surface area contributed by atoms with Gasteiger partial charge in [-0.25, -0.2) is 4.98 Å². The molecule has 1 aliphatic rings. The predicted octanol–water partition coefficient (Wildman–Crippen LogP) is 2.39. The van der Waals surface area contributed by atoms with E-state index in [0.29, 0.717) is 12.3 Å². The number of carbonyl (C=O) groups is 1. The summed E-state index contributed by atoms with van der Waals surface area (Å²) in [5, 5.41) is 0.879. The highest BCUT2D eigenvalue weighted by molar-refractivity contribution is 9.09. The topological polar surface area (TPSA) is 33.2 Å². The Balaban J connectivity index is 2.27. The van der Waals surface area contributed by atoms with Gasteiger partial charge in [0.15, 0.2) is 0 Å². The molecule has 0 N–H and O–H groups in total. The van der Waals surface area contributed by atoms with E-state index in [1.807, 2.05) is 17.0 Å². The van der Waals surface area contributed by atoms with Crippen molar-refractivity contribution in [2.24, 2.45) is 5.92 Å². The van der Waals surface area contributed by atoms with Gasteiger partial charge in [-0.3, -0.25) is 9.69 Å². The van der Waals surface area contributed by atoms with Crippen LogP contribution in [0, 0.1) is 5.92 Å². The summed E-state index contributed by atoms with van der Waals surface area (Å²) < 4.78 is 0. The molecule has 2 rings (SSSR count). The van der Waals surface area contributed by atoms with Gasteiger partial charge in [0.25, 0.3) is 0 Å². The van der Waals surface area contributed by atoms with Crippen LogP contribution in [0.5, 0.6) is 0 Å². The zero-order valence-electron chi connectivity index (χ0n) is 9.32. The molecule has 16 heavy (non-hydrogen) atoms. The number of anilines is 1. The number of nitrogens with zero attached hydrogens (tertiary/aromatic N) is 2. The van der Waals surface area contributed by atoms with Crippen LogP contribution >= 0.6 is 15.9 Å². The lowest BCUT2D eigenvalue weighted by Crippen LogP contribution is -2.26. The highest BCUT2D eigenvalue weighted by Gasteiger charge is 2.31. The predicted molar refractivity (Wildman–Crippen MR) is 67.9 cm³/mol. The fourth-order valence-corrected chi connectivity index (χ4v) is 2.47. The molecule has 1 aromatic rings. The summed E-state index contributed by atoms with van der Waals surface area (Å²) in [7, 11) is 0. The standard InChI is InChI=1S/C12H15BrN2O/c1-2-10-4-3-5-14-12(10)15-8-9(7-13)6-11(15)16/h3-5,9H,2,6-8H2,1H3. The van der Waals surface area contributed by atoms with Gasteiger partial charge in [-0.1, -0.05) is 28.9 Å². The molecule has 86 valence electrons. The van der Waals surface area contributed by atoms with Crippen molar-refractivity contribution in [2.45, 2.75) is 19.8 Å². The molecule has 1 saturated heterocycles. The Hall–Kier alpha value is -0.900. The number of aromatic nitrogens is 1. The number of hydrogen-bond donors (Lipinski definition) is 0. The van der Waals surface area contributed by atoms with Gasteiger partial charge >= 0.3 is 0 Å². The fourth-order valence-electron chi connectivity index (χ4n) is 2.04. The molecule has 2 heterocycles. The van der Waals surface area contributed by atoms with Crippen LogP contribution in [0.2, 0.25) is 0 Å². The molecule has 0 saturated carbocycles. The van der Waals surface area contributed by atoms with Crippen molar-refractivity contribution in [1.29, 1.82) is 0 Å². The van der Waals surface area contributed by atoms with Crippen molar-refractivity contribution in [3.63, 3.8) is 0 Å². The van der Waals surface area contributed by atoms with E-state index in [-0.39, 0.29) is 5.91 Å². The molecule has 1 atom stereocenters. The molecule has 0 bridgehead atoms. The number of hydrogen-bond acceptors (Lipinski definition) is 2. The molecule has 1 aromatic heterocycles. The Labute approximate surface area is 104 Å². The van der Waals surface area contributed by atoms with Crippen LogP contribution in [0.1, 0.15) is 18.9 Å². The lowest BCUT2D eigenvalue weighted by Gasteiger charge is -2.18. The summed E-state index contributed by atoms with van der Waals surface area (Å²) in [6, 6.07) is 3.96. The molecule has 3 nitrogen and oxygen atoms in total. The third-order valence-electron chi connectivity index (χ3n) is 2.93. The second-order valence-electron chi connectivity index (χ2n) is 4.07. The van der Waals surface area contributed by atoms with Gasteiger partial charge in [-0.2, -0.15) is 0 Å². The summed E-state index contributed by atoms with van der Waals surface area (Å²) in [5.41, 5.74) is 1.14. The molecule has 4 heteroatoms. The molecule has 0 spiro atoms. The van der Waals surface area contributed by atoms with E-state index in [1.54, 1.807) is 6.20 Å². The van der Waals surface area contributed by atoms with E-state index in [9.17, 15) is 4.79 Å². The van der Waals surface area contributed by atoms with Gasteiger partial charge in [-0.15, -0.1) is 0 Å². The summed E-state index contributed by atoms with van der Waals surface area (Å²) in [6.45, 7) is 2.87. The maximum Gasteiger partial charge on any atom is 0.228 e. The first-order chi connectivity index (χ1) is 7.76. The van der Waals surface area contributed by atoms with Crippen molar-refractivity contribution < 1.29 is 4.79 Å². The number of rotatable bonds is 3. The zero-order chi connectivity index (χ0) is 11.5. The molecule has 1 amide bonds. The zero-order valence-corrected chi connectivity index (χ0v) is 10.9. The molecule has 0 aliphatic carbocycles. The normalized spacial score (nSPS) is 20.5. The van der Waals surface area contributed by atoms with E-state index in [0.717, 1.165) is 29.7 Å². The third kappa shape index (κ3) is 2.12. The van der Waals surface area contributed by atoms with E-state index >= 15 is 0 Å². The number of amides is 1. The van der Waals surface area contributed by atoms with E-state index in [4.69, 9.17) is 0 Å². The lowest BCUT2D eigenvalue weighted by atomic mass is 10.1. The number of halogens is 1. The van der Waals surface area contributed by atoms with Crippen molar-refractivity contribution >= 4 is 27.7 Å². The van der Waals surface area contributed by atoms with Crippen molar-refractivity contribution in [3.05, 3.63) is 23.9 Å². The van der Waals surface area contributed by atoms with E-state index in [1.165, 1.54) is 0 Å². The average molecular weight is 283 g/mol. The Kier molecular flexibility index (Phi) is 3.59. The van der Waals surface area contributed by atoms with Gasteiger partial charge in [0.05, 0.1) is 0 Å². The van der Waals surface area contributed by atoms with Crippen molar-refractivity contribution in [3.8, 4) is 0 Å². The molecular formula is C12H15BrN2O. The molecule has 1 fully saturated rings. The number of aryl methyl sites for hydroxylation is 1. The van der Waals surface area contributed by atoms with Crippen molar-refractivity contribution in [2.75, 3.05) is 16.8 Å². The summed E-state index contributed by atoms with van der Waals surface area (Å²) >= 11 is 3.44. The Morgan fingerprint density at radius 1 is 1.62 bits per heavy atom. The minimum absolute atomic E-state index is 0.192. The minimum Gasteiger partial charge on any atom is -0.296 e. The maximum atomic E-state index is 11.9. The summed E-state index contributed by atoms with van der Waals surface area (Å²) in [4.78, 5) is 18.0. The molecule has 1 aliphatic heterocycles. The highest BCUT2D eigenvalue weighted by atomic mass is 79.9. The SMILES string of the molecule is CCc1cccnc1N1CC(CBr)CC1=O. The van der Waals surface area contributed by atoms with Crippen LogP contribution < -0.4 is 4.90 Å². The van der Waals surface area contributed by atoms with Crippen LogP contribution in [-0.4, -0.2) is 22.8 Å². The Morgan fingerprint density at radius 3 is 3.06 bits per heavy atom. The van der Waals surface area contributed by atoms with Crippen LogP contribution in [0.3, 0.4) is 0 Å². The second kappa shape index (κ2) is 4.95. The molecule has 0 radical (unpaired) electrons. The number of alkyl halides is 1. The smallest absolute Gasteiger partial charge is 0.228 e. The van der Waals surface area contributed by atoms with Gasteiger partial charge in [0.1, 0.15) is 5.82 Å². The van der Waals surface area contributed by atoms with Gasteiger partial charge in [0.2, 0.25) is 5.91 Å². The highest BCUT2D eigenvalue weighted by Crippen LogP contribution is 2.27. The first kappa shape index (κ1) is 11.6. The number of pyridine rings is 1. The van der Waals surface area contributed by atoms with Crippen LogP contribution in [0.15, 0.2) is 18.3 Å². The van der Waals surface area contributed by atoms with Gasteiger partial charge < -0.3 is 0 Å².